The first kappa shape index (κ1) is 16.9. The standard InChI is InChI=1S/C17H20N4O4/c1-12-5-7-19(10-16(12)20-8-6-18-11-20)15-9-13(17(22)25-2)3-4-14(15)21(23)24/h3-4,6,8-9,11-12,16H,5,7,10H2,1-2H3/t12-,16+/m0/s1. The third-order valence-electron chi connectivity index (χ3n) is 4.76. The maximum Gasteiger partial charge on any atom is 0.337 e. The van der Waals surface area contributed by atoms with E-state index in [9.17, 15) is 14.9 Å². The number of nitro benzene ring substituents is 1. The number of esters is 1. The molecule has 1 aliphatic heterocycles. The molecule has 0 amide bonds. The summed E-state index contributed by atoms with van der Waals surface area (Å²) in [6.45, 7) is 3.47. The largest absolute Gasteiger partial charge is 0.465 e. The predicted molar refractivity (Wildman–Crippen MR) is 91.7 cm³/mol. The third kappa shape index (κ3) is 3.33. The van der Waals surface area contributed by atoms with E-state index in [0.29, 0.717) is 30.3 Å². The lowest BCUT2D eigenvalue weighted by atomic mass is 9.92. The maximum atomic E-state index is 11.8. The molecule has 0 radical (unpaired) electrons. The number of ether oxygens (including phenoxy) is 1. The molecule has 8 nitrogen and oxygen atoms in total. The molecule has 1 saturated heterocycles. The van der Waals surface area contributed by atoms with Gasteiger partial charge in [-0.3, -0.25) is 10.1 Å². The summed E-state index contributed by atoms with van der Waals surface area (Å²) < 4.78 is 6.77. The van der Waals surface area contributed by atoms with E-state index in [2.05, 4.69) is 11.9 Å². The molecule has 0 N–H and O–H groups in total. The minimum Gasteiger partial charge on any atom is -0.465 e. The van der Waals surface area contributed by atoms with Gasteiger partial charge in [-0.1, -0.05) is 6.92 Å². The van der Waals surface area contributed by atoms with Crippen molar-refractivity contribution in [3.8, 4) is 0 Å². The molecule has 2 heterocycles. The van der Waals surface area contributed by atoms with Crippen LogP contribution >= 0.6 is 0 Å². The number of aromatic nitrogens is 2. The number of benzene rings is 1. The molecule has 1 aromatic heterocycles. The lowest BCUT2D eigenvalue weighted by Crippen LogP contribution is -2.40. The van der Waals surface area contributed by atoms with Gasteiger partial charge in [0.25, 0.3) is 5.69 Å². The zero-order valence-corrected chi connectivity index (χ0v) is 14.2. The number of carbonyl (C=O) groups excluding carboxylic acids is 1. The fraction of sp³-hybridized carbons (Fsp3) is 0.412. The van der Waals surface area contributed by atoms with Gasteiger partial charge in [0.2, 0.25) is 0 Å². The lowest BCUT2D eigenvalue weighted by Gasteiger charge is -2.38. The zero-order valence-electron chi connectivity index (χ0n) is 14.2. The van der Waals surface area contributed by atoms with Crippen molar-refractivity contribution in [2.75, 3.05) is 25.1 Å². The van der Waals surface area contributed by atoms with E-state index in [4.69, 9.17) is 4.74 Å². The van der Waals surface area contributed by atoms with Crippen molar-refractivity contribution in [3.05, 3.63) is 52.6 Å². The summed E-state index contributed by atoms with van der Waals surface area (Å²) in [5.41, 5.74) is 0.748. The number of hydrogen-bond donors (Lipinski definition) is 0. The minimum atomic E-state index is -0.507. The third-order valence-corrected chi connectivity index (χ3v) is 4.76. The molecule has 2 aromatic rings. The van der Waals surface area contributed by atoms with Crippen LogP contribution < -0.4 is 4.90 Å². The van der Waals surface area contributed by atoms with Crippen molar-refractivity contribution in [2.24, 2.45) is 5.92 Å². The SMILES string of the molecule is COC(=O)c1ccc([N+](=O)[O-])c(N2CC[C@H](C)[C@H](n3ccnc3)C2)c1. The predicted octanol–water partition coefficient (Wildman–Crippen LogP) is 2.67. The van der Waals surface area contributed by atoms with Crippen LogP contribution in [0.15, 0.2) is 36.9 Å². The van der Waals surface area contributed by atoms with Gasteiger partial charge in [0.1, 0.15) is 5.69 Å². The van der Waals surface area contributed by atoms with Gasteiger partial charge in [-0.05, 0) is 24.5 Å². The summed E-state index contributed by atoms with van der Waals surface area (Å²) >= 11 is 0. The highest BCUT2D eigenvalue weighted by atomic mass is 16.6. The van der Waals surface area contributed by atoms with Gasteiger partial charge in [0.15, 0.2) is 0 Å². The van der Waals surface area contributed by atoms with Crippen molar-refractivity contribution in [1.82, 2.24) is 9.55 Å². The van der Waals surface area contributed by atoms with Crippen molar-refractivity contribution < 1.29 is 14.5 Å². The van der Waals surface area contributed by atoms with E-state index in [-0.39, 0.29) is 11.7 Å². The molecule has 0 saturated carbocycles. The fourth-order valence-corrected chi connectivity index (χ4v) is 3.30. The molecule has 1 fully saturated rings. The van der Waals surface area contributed by atoms with E-state index < -0.39 is 10.9 Å². The molecular formula is C17H20N4O4. The topological polar surface area (TPSA) is 90.5 Å². The van der Waals surface area contributed by atoms with E-state index >= 15 is 0 Å². The first-order chi connectivity index (χ1) is 12.0. The molecule has 25 heavy (non-hydrogen) atoms. The van der Waals surface area contributed by atoms with Gasteiger partial charge in [-0.2, -0.15) is 0 Å². The highest BCUT2D eigenvalue weighted by Gasteiger charge is 2.31. The normalized spacial score (nSPS) is 20.3. The number of piperidine rings is 1. The van der Waals surface area contributed by atoms with E-state index in [1.807, 2.05) is 15.7 Å². The summed E-state index contributed by atoms with van der Waals surface area (Å²) in [6, 6.07) is 4.50. The Morgan fingerprint density at radius 1 is 1.44 bits per heavy atom. The molecular weight excluding hydrogens is 324 g/mol. The summed E-state index contributed by atoms with van der Waals surface area (Å²) in [4.78, 5) is 28.9. The van der Waals surface area contributed by atoms with Crippen molar-refractivity contribution in [3.63, 3.8) is 0 Å². The Morgan fingerprint density at radius 3 is 2.88 bits per heavy atom. The number of nitrogens with zero attached hydrogens (tertiary/aromatic N) is 4. The van der Waals surface area contributed by atoms with Gasteiger partial charge in [-0.25, -0.2) is 9.78 Å². The Kier molecular flexibility index (Phi) is 4.69. The summed E-state index contributed by atoms with van der Waals surface area (Å²) in [7, 11) is 1.29. The average molecular weight is 344 g/mol. The molecule has 0 bridgehead atoms. The van der Waals surface area contributed by atoms with E-state index in [1.165, 1.54) is 19.2 Å². The number of carbonyl (C=O) groups is 1. The Bertz CT molecular complexity index is 775. The second-order valence-electron chi connectivity index (χ2n) is 6.24. The highest BCUT2D eigenvalue weighted by Crippen LogP contribution is 2.35. The average Bonchev–Trinajstić information content (AvgIpc) is 3.15. The van der Waals surface area contributed by atoms with Crippen LogP contribution in [-0.4, -0.2) is 40.6 Å². The van der Waals surface area contributed by atoms with Crippen molar-refractivity contribution in [2.45, 2.75) is 19.4 Å². The zero-order chi connectivity index (χ0) is 18.0. The van der Waals surface area contributed by atoms with Crippen LogP contribution in [-0.2, 0) is 4.74 Å². The molecule has 1 aliphatic rings. The molecule has 0 unspecified atom stereocenters. The van der Waals surface area contributed by atoms with Crippen LogP contribution in [0.3, 0.4) is 0 Å². The molecule has 0 aliphatic carbocycles. The number of nitro groups is 1. The van der Waals surface area contributed by atoms with Gasteiger partial charge in [-0.15, -0.1) is 0 Å². The monoisotopic (exact) mass is 344 g/mol. The van der Waals surface area contributed by atoms with Crippen LogP contribution in [0, 0.1) is 16.0 Å². The number of hydrogen-bond acceptors (Lipinski definition) is 6. The van der Waals surface area contributed by atoms with Crippen LogP contribution in [0.4, 0.5) is 11.4 Å². The first-order valence-electron chi connectivity index (χ1n) is 8.10. The second kappa shape index (κ2) is 6.92. The lowest BCUT2D eigenvalue weighted by molar-refractivity contribution is -0.384. The Morgan fingerprint density at radius 2 is 2.24 bits per heavy atom. The molecule has 1 aromatic carbocycles. The van der Waals surface area contributed by atoms with Crippen molar-refractivity contribution >= 4 is 17.3 Å². The van der Waals surface area contributed by atoms with Crippen LogP contribution in [0.5, 0.6) is 0 Å². The van der Waals surface area contributed by atoms with Crippen LogP contribution in [0.25, 0.3) is 0 Å². The van der Waals surface area contributed by atoms with Crippen LogP contribution in [0.2, 0.25) is 0 Å². The van der Waals surface area contributed by atoms with Gasteiger partial charge in [0.05, 0.1) is 30.0 Å². The quantitative estimate of drug-likeness (QED) is 0.481. The fourth-order valence-electron chi connectivity index (χ4n) is 3.30. The minimum absolute atomic E-state index is 0.00779. The molecule has 0 spiro atoms. The van der Waals surface area contributed by atoms with Crippen LogP contribution in [0.1, 0.15) is 29.7 Å². The number of imidazole rings is 1. The number of methoxy groups -OCH3 is 1. The van der Waals surface area contributed by atoms with Gasteiger partial charge < -0.3 is 14.2 Å². The van der Waals surface area contributed by atoms with E-state index in [1.54, 1.807) is 18.6 Å². The molecule has 8 heteroatoms. The number of anilines is 1. The molecule has 2 atom stereocenters. The second-order valence-corrected chi connectivity index (χ2v) is 6.24. The smallest absolute Gasteiger partial charge is 0.337 e. The Labute approximate surface area is 145 Å². The first-order valence-corrected chi connectivity index (χ1v) is 8.10. The summed E-state index contributed by atoms with van der Waals surface area (Å²) in [5, 5.41) is 11.4. The molecule has 3 rings (SSSR count). The molecule has 132 valence electrons. The highest BCUT2D eigenvalue weighted by molar-refractivity contribution is 5.91. The Balaban J connectivity index is 1.96. The number of rotatable bonds is 4. The van der Waals surface area contributed by atoms with E-state index in [0.717, 1.165) is 6.42 Å². The van der Waals surface area contributed by atoms with Gasteiger partial charge in [0, 0.05) is 31.5 Å². The van der Waals surface area contributed by atoms with Crippen molar-refractivity contribution in [1.29, 1.82) is 0 Å². The Hall–Kier alpha value is -2.90. The summed E-state index contributed by atoms with van der Waals surface area (Å²) in [5.74, 6) is -0.0824. The van der Waals surface area contributed by atoms with Gasteiger partial charge >= 0.3 is 5.97 Å². The summed E-state index contributed by atoms with van der Waals surface area (Å²) in [6.07, 6.45) is 6.29. The maximum absolute atomic E-state index is 11.8.